The van der Waals surface area contributed by atoms with Crippen LogP contribution >= 0.6 is 34.3 Å². The first-order valence-electron chi connectivity index (χ1n) is 9.79. The van der Waals surface area contributed by atoms with Gasteiger partial charge in [-0.15, -0.1) is 22.7 Å². The molecule has 0 spiro atoms. The number of hydrogen-bond donors (Lipinski definition) is 1. The van der Waals surface area contributed by atoms with Gasteiger partial charge in [-0.2, -0.15) is 0 Å². The largest absolute Gasteiger partial charge is 0.301 e. The number of benzene rings is 2. The number of rotatable bonds is 5. The zero-order chi connectivity index (χ0) is 21.3. The van der Waals surface area contributed by atoms with E-state index in [2.05, 4.69) is 48.6 Å². The standard InChI is InChI=1S/C24H23ClN2OS2/c1-24(2,3)21-14-30-23(26-21)27-22(28)18(11-15-7-5-4-6-8-15)19-13-29-20-10-9-16(25)12-17(19)20/h4-10,12-14,18H,11H2,1-3H3,(H,26,27,28). The number of hydrogen-bond acceptors (Lipinski definition) is 4. The average molecular weight is 455 g/mol. The number of carbonyl (C=O) groups excluding carboxylic acids is 1. The normalized spacial score (nSPS) is 12.8. The molecule has 0 bridgehead atoms. The molecule has 1 atom stereocenters. The summed E-state index contributed by atoms with van der Waals surface area (Å²) >= 11 is 9.37. The van der Waals surface area contributed by atoms with Crippen LogP contribution in [0.15, 0.2) is 59.3 Å². The van der Waals surface area contributed by atoms with Crippen LogP contribution in [0.3, 0.4) is 0 Å². The van der Waals surface area contributed by atoms with Gasteiger partial charge in [0.15, 0.2) is 5.13 Å². The Labute approximate surface area is 189 Å². The maximum Gasteiger partial charge on any atom is 0.234 e. The van der Waals surface area contributed by atoms with E-state index in [4.69, 9.17) is 11.6 Å². The van der Waals surface area contributed by atoms with E-state index in [-0.39, 0.29) is 17.2 Å². The van der Waals surface area contributed by atoms with Crippen LogP contribution < -0.4 is 5.32 Å². The molecule has 154 valence electrons. The second-order valence-corrected chi connectivity index (χ2v) is 10.6. The number of amides is 1. The molecule has 1 amide bonds. The molecule has 6 heteroatoms. The lowest BCUT2D eigenvalue weighted by Crippen LogP contribution is -2.23. The van der Waals surface area contributed by atoms with Gasteiger partial charge in [0, 0.05) is 20.5 Å². The van der Waals surface area contributed by atoms with Crippen LogP contribution in [0, 0.1) is 0 Å². The van der Waals surface area contributed by atoms with Crippen molar-refractivity contribution in [1.82, 2.24) is 4.98 Å². The third-order valence-corrected chi connectivity index (χ3v) is 7.02. The molecular formula is C24H23ClN2OS2. The van der Waals surface area contributed by atoms with Crippen molar-refractivity contribution >= 4 is 55.4 Å². The van der Waals surface area contributed by atoms with E-state index in [0.29, 0.717) is 16.6 Å². The molecule has 1 N–H and O–H groups in total. The van der Waals surface area contributed by atoms with Gasteiger partial charge >= 0.3 is 0 Å². The first kappa shape index (κ1) is 21.0. The fourth-order valence-corrected chi connectivity index (χ4v) is 5.46. The van der Waals surface area contributed by atoms with Gasteiger partial charge in [-0.05, 0) is 46.5 Å². The third-order valence-electron chi connectivity index (χ3n) is 5.04. The third kappa shape index (κ3) is 4.59. The Morgan fingerprint density at radius 2 is 1.87 bits per heavy atom. The fraction of sp³-hybridized carbons (Fsp3) is 0.250. The Bertz CT molecular complexity index is 1170. The van der Waals surface area contributed by atoms with Crippen LogP contribution in [0.25, 0.3) is 10.1 Å². The van der Waals surface area contributed by atoms with Crippen molar-refractivity contribution in [2.45, 2.75) is 38.5 Å². The summed E-state index contributed by atoms with van der Waals surface area (Å²) < 4.78 is 1.13. The van der Waals surface area contributed by atoms with Gasteiger partial charge in [0.25, 0.3) is 0 Å². The van der Waals surface area contributed by atoms with Crippen LogP contribution in [-0.2, 0) is 16.6 Å². The Hall–Kier alpha value is -2.21. The Kier molecular flexibility index (Phi) is 5.96. The second-order valence-electron chi connectivity index (χ2n) is 8.35. The molecule has 0 aliphatic carbocycles. The summed E-state index contributed by atoms with van der Waals surface area (Å²) in [5, 5.41) is 9.51. The summed E-state index contributed by atoms with van der Waals surface area (Å²) in [6, 6.07) is 16.0. The van der Waals surface area contributed by atoms with Crippen molar-refractivity contribution < 1.29 is 4.79 Å². The Morgan fingerprint density at radius 3 is 2.57 bits per heavy atom. The van der Waals surface area contributed by atoms with Crippen LogP contribution in [-0.4, -0.2) is 10.9 Å². The molecule has 30 heavy (non-hydrogen) atoms. The number of thiazole rings is 1. The molecule has 0 aliphatic rings. The molecule has 1 unspecified atom stereocenters. The summed E-state index contributed by atoms with van der Waals surface area (Å²) in [5.41, 5.74) is 3.05. The zero-order valence-corrected chi connectivity index (χ0v) is 19.5. The van der Waals surface area contributed by atoms with Gasteiger partial charge in [0.05, 0.1) is 11.6 Å². The van der Waals surface area contributed by atoms with E-state index >= 15 is 0 Å². The highest BCUT2D eigenvalue weighted by Crippen LogP contribution is 2.36. The van der Waals surface area contributed by atoms with E-state index < -0.39 is 0 Å². The maximum atomic E-state index is 13.4. The number of aromatic nitrogens is 1. The molecule has 0 radical (unpaired) electrons. The first-order chi connectivity index (χ1) is 14.3. The average Bonchev–Trinajstić information content (AvgIpc) is 3.33. The Morgan fingerprint density at radius 1 is 1.10 bits per heavy atom. The minimum atomic E-state index is -0.332. The highest BCUT2D eigenvalue weighted by Gasteiger charge is 2.26. The summed E-state index contributed by atoms with van der Waals surface area (Å²) in [7, 11) is 0. The van der Waals surface area contributed by atoms with Crippen molar-refractivity contribution in [2.75, 3.05) is 5.32 Å². The summed E-state index contributed by atoms with van der Waals surface area (Å²) in [4.78, 5) is 18.1. The molecule has 4 aromatic rings. The number of nitrogens with one attached hydrogen (secondary N) is 1. The molecule has 0 aliphatic heterocycles. The molecular weight excluding hydrogens is 432 g/mol. The summed E-state index contributed by atoms with van der Waals surface area (Å²) in [6.45, 7) is 6.35. The van der Waals surface area contributed by atoms with E-state index in [1.807, 2.05) is 41.8 Å². The molecule has 4 rings (SSSR count). The van der Waals surface area contributed by atoms with Crippen molar-refractivity contribution in [3.8, 4) is 0 Å². The van der Waals surface area contributed by atoms with Gasteiger partial charge in [0.2, 0.25) is 5.91 Å². The highest BCUT2D eigenvalue weighted by atomic mass is 35.5. The van der Waals surface area contributed by atoms with Gasteiger partial charge in [-0.1, -0.05) is 62.7 Å². The smallest absolute Gasteiger partial charge is 0.234 e. The molecule has 2 aromatic carbocycles. The van der Waals surface area contributed by atoms with Crippen LogP contribution in [0.4, 0.5) is 5.13 Å². The molecule has 2 heterocycles. The van der Waals surface area contributed by atoms with E-state index in [1.165, 1.54) is 11.3 Å². The van der Waals surface area contributed by atoms with Gasteiger partial charge < -0.3 is 5.32 Å². The first-order valence-corrected chi connectivity index (χ1v) is 11.9. The second kappa shape index (κ2) is 8.50. The van der Waals surface area contributed by atoms with Crippen molar-refractivity contribution in [3.63, 3.8) is 0 Å². The van der Waals surface area contributed by atoms with Crippen LogP contribution in [0.1, 0.15) is 43.5 Å². The molecule has 0 saturated carbocycles. The lowest BCUT2D eigenvalue weighted by molar-refractivity contribution is -0.117. The Balaban J connectivity index is 1.68. The number of halogens is 1. The van der Waals surface area contributed by atoms with Crippen LogP contribution in [0.5, 0.6) is 0 Å². The highest BCUT2D eigenvalue weighted by molar-refractivity contribution is 7.17. The van der Waals surface area contributed by atoms with E-state index in [1.54, 1.807) is 11.3 Å². The zero-order valence-electron chi connectivity index (χ0n) is 17.1. The van der Waals surface area contributed by atoms with Crippen LogP contribution in [0.2, 0.25) is 5.02 Å². The van der Waals surface area contributed by atoms with Crippen molar-refractivity contribution in [2.24, 2.45) is 0 Å². The lowest BCUT2D eigenvalue weighted by atomic mass is 9.91. The number of nitrogens with zero attached hydrogens (tertiary/aromatic N) is 1. The fourth-order valence-electron chi connectivity index (χ4n) is 3.35. The van der Waals surface area contributed by atoms with E-state index in [9.17, 15) is 4.79 Å². The van der Waals surface area contributed by atoms with E-state index in [0.717, 1.165) is 26.9 Å². The van der Waals surface area contributed by atoms with Gasteiger partial charge in [-0.25, -0.2) is 4.98 Å². The number of fused-ring (bicyclic) bond motifs is 1. The molecule has 0 saturated heterocycles. The quantitative estimate of drug-likeness (QED) is 0.344. The maximum absolute atomic E-state index is 13.4. The number of thiophene rings is 1. The number of carbonyl (C=O) groups is 1. The predicted molar refractivity (Wildman–Crippen MR) is 129 cm³/mol. The minimum Gasteiger partial charge on any atom is -0.301 e. The molecule has 3 nitrogen and oxygen atoms in total. The van der Waals surface area contributed by atoms with Crippen molar-refractivity contribution in [3.05, 3.63) is 81.1 Å². The SMILES string of the molecule is CC(C)(C)c1csc(NC(=O)C(Cc2ccccc2)c2csc3ccc(Cl)cc23)n1. The van der Waals surface area contributed by atoms with Gasteiger partial charge in [-0.3, -0.25) is 4.79 Å². The summed E-state index contributed by atoms with van der Waals surface area (Å²) in [5.74, 6) is -0.380. The topological polar surface area (TPSA) is 42.0 Å². The predicted octanol–water partition coefficient (Wildman–Crippen LogP) is 7.27. The molecule has 2 aromatic heterocycles. The number of anilines is 1. The summed E-state index contributed by atoms with van der Waals surface area (Å²) in [6.07, 6.45) is 0.614. The van der Waals surface area contributed by atoms with Crippen molar-refractivity contribution in [1.29, 1.82) is 0 Å². The monoisotopic (exact) mass is 454 g/mol. The molecule has 0 fully saturated rings. The minimum absolute atomic E-state index is 0.0478. The van der Waals surface area contributed by atoms with Gasteiger partial charge in [0.1, 0.15) is 0 Å². The lowest BCUT2D eigenvalue weighted by Gasteiger charge is -2.17.